The van der Waals surface area contributed by atoms with E-state index in [1.54, 1.807) is 7.11 Å². The predicted octanol–water partition coefficient (Wildman–Crippen LogP) is 1.23. The van der Waals surface area contributed by atoms with Crippen molar-refractivity contribution in [3.63, 3.8) is 0 Å². The maximum atomic E-state index is 5.83. The Labute approximate surface area is 80.0 Å². The molecule has 2 fully saturated rings. The lowest BCUT2D eigenvalue weighted by Gasteiger charge is -2.23. The molecule has 0 spiro atoms. The molecule has 2 aliphatic rings. The third-order valence-electron chi connectivity index (χ3n) is 2.97. The van der Waals surface area contributed by atoms with Gasteiger partial charge in [-0.3, -0.25) is 4.90 Å². The zero-order chi connectivity index (χ0) is 9.10. The molecule has 0 aromatic rings. The van der Waals surface area contributed by atoms with Crippen LogP contribution >= 0.6 is 0 Å². The monoisotopic (exact) mass is 185 g/mol. The van der Waals surface area contributed by atoms with E-state index >= 15 is 0 Å². The molecule has 0 radical (unpaired) electrons. The number of fused-ring (bicyclic) bond motifs is 2. The van der Waals surface area contributed by atoms with Crippen LogP contribution in [-0.4, -0.2) is 44.0 Å². The van der Waals surface area contributed by atoms with Crippen LogP contribution in [0.3, 0.4) is 0 Å². The molecule has 2 bridgehead atoms. The maximum Gasteiger partial charge on any atom is 0.111 e. The van der Waals surface area contributed by atoms with E-state index in [0.29, 0.717) is 12.3 Å². The third-order valence-corrected chi connectivity index (χ3v) is 2.97. The first-order valence-corrected chi connectivity index (χ1v) is 5.28. The molecule has 2 heterocycles. The van der Waals surface area contributed by atoms with Crippen molar-refractivity contribution in [1.82, 2.24) is 4.90 Å². The number of rotatable bonds is 4. The Morgan fingerprint density at radius 3 is 3.15 bits per heavy atom. The quantitative estimate of drug-likeness (QED) is 0.615. The number of nitrogens with zero attached hydrogens (tertiary/aromatic N) is 1. The zero-order valence-corrected chi connectivity index (χ0v) is 8.37. The number of hydrogen-bond acceptors (Lipinski definition) is 3. The van der Waals surface area contributed by atoms with Gasteiger partial charge in [0.05, 0.1) is 6.10 Å². The molecule has 13 heavy (non-hydrogen) atoms. The highest BCUT2D eigenvalue weighted by molar-refractivity contribution is 4.82. The van der Waals surface area contributed by atoms with Gasteiger partial charge in [-0.25, -0.2) is 0 Å². The normalized spacial score (nSPS) is 33.9. The summed E-state index contributed by atoms with van der Waals surface area (Å²) in [5.74, 6) is 0. The summed E-state index contributed by atoms with van der Waals surface area (Å²) in [6.45, 7) is 3.15. The summed E-state index contributed by atoms with van der Waals surface area (Å²) in [6, 6.07) is 0. The topological polar surface area (TPSA) is 21.7 Å². The molecule has 2 saturated heterocycles. The van der Waals surface area contributed by atoms with E-state index < -0.39 is 0 Å². The van der Waals surface area contributed by atoms with Gasteiger partial charge in [0.15, 0.2) is 0 Å². The highest BCUT2D eigenvalue weighted by atomic mass is 16.5. The first-order chi connectivity index (χ1) is 6.40. The molecular weight excluding hydrogens is 166 g/mol. The molecule has 0 saturated carbocycles. The van der Waals surface area contributed by atoms with Gasteiger partial charge in [0.1, 0.15) is 6.23 Å². The van der Waals surface area contributed by atoms with Gasteiger partial charge < -0.3 is 9.47 Å². The van der Waals surface area contributed by atoms with Gasteiger partial charge in [-0.2, -0.15) is 0 Å². The second-order valence-electron chi connectivity index (χ2n) is 3.98. The van der Waals surface area contributed by atoms with Crippen LogP contribution in [0.2, 0.25) is 0 Å². The second-order valence-corrected chi connectivity index (χ2v) is 3.98. The number of methoxy groups -OCH3 is 1. The molecule has 0 aromatic carbocycles. The van der Waals surface area contributed by atoms with Crippen LogP contribution in [0.15, 0.2) is 0 Å². The first-order valence-electron chi connectivity index (χ1n) is 5.28. The highest BCUT2D eigenvalue weighted by Gasteiger charge is 2.35. The Hall–Kier alpha value is -0.120. The van der Waals surface area contributed by atoms with Crippen molar-refractivity contribution >= 4 is 0 Å². The Morgan fingerprint density at radius 1 is 1.46 bits per heavy atom. The van der Waals surface area contributed by atoms with Crippen LogP contribution in [0.1, 0.15) is 25.7 Å². The Bertz CT molecular complexity index is 163. The molecule has 0 unspecified atom stereocenters. The average molecular weight is 185 g/mol. The molecule has 3 heteroatoms. The Kier molecular flexibility index (Phi) is 3.19. The Balaban J connectivity index is 1.74. The van der Waals surface area contributed by atoms with E-state index in [1.807, 2.05) is 0 Å². The summed E-state index contributed by atoms with van der Waals surface area (Å²) in [5.41, 5.74) is 0. The number of hydrogen-bond donors (Lipinski definition) is 0. The van der Waals surface area contributed by atoms with Crippen molar-refractivity contribution in [2.45, 2.75) is 38.0 Å². The van der Waals surface area contributed by atoms with Gasteiger partial charge in [-0.1, -0.05) is 0 Å². The van der Waals surface area contributed by atoms with Gasteiger partial charge in [-0.05, 0) is 25.7 Å². The molecule has 0 N–H and O–H groups in total. The van der Waals surface area contributed by atoms with E-state index in [0.717, 1.165) is 26.1 Å². The van der Waals surface area contributed by atoms with Gasteiger partial charge in [0.25, 0.3) is 0 Å². The number of likely N-dealkylation sites (tertiary alicyclic amines) is 1. The number of ether oxygens (including phenoxy) is 2. The van der Waals surface area contributed by atoms with Crippen molar-refractivity contribution < 1.29 is 9.47 Å². The van der Waals surface area contributed by atoms with Gasteiger partial charge in [-0.15, -0.1) is 0 Å². The van der Waals surface area contributed by atoms with Gasteiger partial charge in [0, 0.05) is 26.8 Å². The molecule has 2 aliphatic heterocycles. The molecule has 76 valence electrons. The van der Waals surface area contributed by atoms with Gasteiger partial charge >= 0.3 is 0 Å². The van der Waals surface area contributed by atoms with E-state index in [2.05, 4.69) is 4.90 Å². The van der Waals surface area contributed by atoms with Crippen molar-refractivity contribution in [2.75, 3.05) is 26.8 Å². The molecule has 3 nitrogen and oxygen atoms in total. The lowest BCUT2D eigenvalue weighted by molar-refractivity contribution is -0.0343. The zero-order valence-electron chi connectivity index (χ0n) is 8.37. The largest absolute Gasteiger partial charge is 0.385 e. The smallest absolute Gasteiger partial charge is 0.111 e. The molecule has 2 atom stereocenters. The maximum absolute atomic E-state index is 5.83. The predicted molar refractivity (Wildman–Crippen MR) is 50.6 cm³/mol. The van der Waals surface area contributed by atoms with Crippen molar-refractivity contribution in [2.24, 2.45) is 0 Å². The fourth-order valence-corrected chi connectivity index (χ4v) is 2.31. The van der Waals surface area contributed by atoms with Crippen molar-refractivity contribution in [3.8, 4) is 0 Å². The molecular formula is C10H19NO2. The summed E-state index contributed by atoms with van der Waals surface area (Å²) in [7, 11) is 1.76. The van der Waals surface area contributed by atoms with Gasteiger partial charge in [0.2, 0.25) is 0 Å². The van der Waals surface area contributed by atoms with Crippen LogP contribution in [0.5, 0.6) is 0 Å². The van der Waals surface area contributed by atoms with E-state index in [9.17, 15) is 0 Å². The molecule has 2 rings (SSSR count). The average Bonchev–Trinajstić information content (AvgIpc) is 2.42. The van der Waals surface area contributed by atoms with E-state index in [1.165, 1.54) is 19.3 Å². The van der Waals surface area contributed by atoms with Crippen molar-refractivity contribution in [3.05, 3.63) is 0 Å². The summed E-state index contributed by atoms with van der Waals surface area (Å²) >= 11 is 0. The lowest BCUT2D eigenvalue weighted by atomic mass is 10.1. The van der Waals surface area contributed by atoms with Crippen LogP contribution in [-0.2, 0) is 9.47 Å². The van der Waals surface area contributed by atoms with Crippen LogP contribution in [0.4, 0.5) is 0 Å². The fourth-order valence-electron chi connectivity index (χ4n) is 2.31. The SMILES string of the molecule is COCCCN1C[C@H]2CCC[C@@H]1O2. The van der Waals surface area contributed by atoms with Crippen LogP contribution in [0, 0.1) is 0 Å². The Morgan fingerprint density at radius 2 is 2.38 bits per heavy atom. The standard InChI is InChI=1S/C10H19NO2/c1-12-7-3-6-11-8-9-4-2-5-10(11)13-9/h9-10H,2-8H2,1H3/t9-,10+/m1/s1. The molecule has 0 aliphatic carbocycles. The first kappa shape index (κ1) is 9.44. The summed E-state index contributed by atoms with van der Waals surface area (Å²) < 4.78 is 10.9. The minimum atomic E-state index is 0.426. The lowest BCUT2D eigenvalue weighted by Crippen LogP contribution is -2.31. The van der Waals surface area contributed by atoms with E-state index in [-0.39, 0.29) is 0 Å². The summed E-state index contributed by atoms with van der Waals surface area (Å²) in [4.78, 5) is 2.47. The second kappa shape index (κ2) is 4.40. The summed E-state index contributed by atoms with van der Waals surface area (Å²) in [5, 5.41) is 0. The molecule has 0 aromatic heterocycles. The third kappa shape index (κ3) is 2.22. The summed E-state index contributed by atoms with van der Waals surface area (Å²) in [6.07, 6.45) is 5.91. The molecule has 0 amide bonds. The van der Waals surface area contributed by atoms with Crippen LogP contribution < -0.4 is 0 Å². The minimum absolute atomic E-state index is 0.426. The van der Waals surface area contributed by atoms with Crippen molar-refractivity contribution in [1.29, 1.82) is 0 Å². The minimum Gasteiger partial charge on any atom is -0.385 e. The van der Waals surface area contributed by atoms with Crippen LogP contribution in [0.25, 0.3) is 0 Å². The van der Waals surface area contributed by atoms with E-state index in [4.69, 9.17) is 9.47 Å². The fraction of sp³-hybridized carbons (Fsp3) is 1.00. The highest BCUT2D eigenvalue weighted by Crippen LogP contribution is 2.29.